The van der Waals surface area contributed by atoms with E-state index < -0.39 is 0 Å². The number of rotatable bonds is 6. The highest BCUT2D eigenvalue weighted by atomic mass is 16.2. The van der Waals surface area contributed by atoms with Gasteiger partial charge in [-0.1, -0.05) is 24.3 Å². The number of carbonyl (C=O) groups excluding carboxylic acids is 2. The molecule has 0 spiro atoms. The Kier molecular flexibility index (Phi) is 4.39. The molecule has 3 aromatic rings. The Morgan fingerprint density at radius 2 is 1.81 bits per heavy atom. The Balaban J connectivity index is 1.34. The fraction of sp³-hybridized carbons (Fsp3) is 0.250. The Bertz CT molecular complexity index is 942. The fourth-order valence-corrected chi connectivity index (χ4v) is 2.86. The molecule has 132 valence electrons. The lowest BCUT2D eigenvalue weighted by Crippen LogP contribution is -2.37. The first kappa shape index (κ1) is 16.3. The second kappa shape index (κ2) is 7.00. The van der Waals surface area contributed by atoms with Crippen molar-refractivity contribution in [3.05, 3.63) is 60.4 Å². The topological polar surface area (TPSA) is 76.0 Å². The zero-order chi connectivity index (χ0) is 17.9. The Morgan fingerprint density at radius 1 is 1.04 bits per heavy atom. The van der Waals surface area contributed by atoms with Crippen molar-refractivity contribution in [3.63, 3.8) is 0 Å². The molecule has 1 fully saturated rings. The molecule has 0 bridgehead atoms. The minimum Gasteiger partial charge on any atom is -0.350 e. The van der Waals surface area contributed by atoms with Crippen LogP contribution in [-0.2, 0) is 16.1 Å². The van der Waals surface area contributed by atoms with Crippen LogP contribution in [-0.4, -0.2) is 27.9 Å². The van der Waals surface area contributed by atoms with Crippen molar-refractivity contribution < 1.29 is 9.59 Å². The summed E-state index contributed by atoms with van der Waals surface area (Å²) in [5.41, 5.74) is 4.03. The van der Waals surface area contributed by atoms with Gasteiger partial charge in [0.25, 0.3) is 0 Å². The molecule has 2 aromatic carbocycles. The van der Waals surface area contributed by atoms with Gasteiger partial charge < -0.3 is 10.6 Å². The monoisotopic (exact) mass is 348 g/mol. The van der Waals surface area contributed by atoms with Crippen LogP contribution < -0.4 is 10.6 Å². The largest absolute Gasteiger partial charge is 0.350 e. The molecule has 1 saturated carbocycles. The molecular formula is C20H20N4O2. The molecule has 0 aliphatic heterocycles. The van der Waals surface area contributed by atoms with Gasteiger partial charge in [-0.25, -0.2) is 4.98 Å². The van der Waals surface area contributed by atoms with E-state index in [0.717, 1.165) is 35.1 Å². The molecule has 6 nitrogen and oxygen atoms in total. The fourth-order valence-electron chi connectivity index (χ4n) is 2.86. The van der Waals surface area contributed by atoms with E-state index in [2.05, 4.69) is 15.6 Å². The zero-order valence-corrected chi connectivity index (χ0v) is 14.3. The molecule has 6 heteroatoms. The molecule has 1 aliphatic carbocycles. The number of imidazole rings is 1. The number of para-hydroxylation sites is 2. The first-order valence-corrected chi connectivity index (χ1v) is 8.76. The van der Waals surface area contributed by atoms with Gasteiger partial charge in [0.1, 0.15) is 6.33 Å². The second-order valence-electron chi connectivity index (χ2n) is 6.54. The third-order valence-corrected chi connectivity index (χ3v) is 4.53. The number of hydrogen-bond donors (Lipinski definition) is 2. The van der Waals surface area contributed by atoms with E-state index in [9.17, 15) is 9.59 Å². The molecule has 26 heavy (non-hydrogen) atoms. The molecule has 0 unspecified atom stereocenters. The summed E-state index contributed by atoms with van der Waals surface area (Å²) in [6.07, 6.45) is 3.68. The van der Waals surface area contributed by atoms with Gasteiger partial charge in [-0.05, 0) is 42.7 Å². The number of hydrogen-bond acceptors (Lipinski definition) is 3. The van der Waals surface area contributed by atoms with Gasteiger partial charge in [0.2, 0.25) is 11.8 Å². The summed E-state index contributed by atoms with van der Waals surface area (Å²) in [6.45, 7) is 0.470. The summed E-state index contributed by atoms with van der Waals surface area (Å²) in [5.74, 6) is -0.0738. The van der Waals surface area contributed by atoms with Gasteiger partial charge in [0.05, 0.1) is 17.6 Å². The van der Waals surface area contributed by atoms with Gasteiger partial charge in [-0.2, -0.15) is 0 Å². The SMILES string of the molecule is O=C(CNC(=O)C1CC1)NCc1ccc(-n2cnc3ccccc32)cc1. The normalized spacial score (nSPS) is 13.5. The number of nitrogens with one attached hydrogen (secondary N) is 2. The van der Waals surface area contributed by atoms with E-state index >= 15 is 0 Å². The minimum absolute atomic E-state index is 0.0166. The summed E-state index contributed by atoms with van der Waals surface area (Å²) in [4.78, 5) is 27.8. The van der Waals surface area contributed by atoms with Gasteiger partial charge in [0.15, 0.2) is 0 Å². The number of amides is 2. The standard InChI is InChI=1S/C20H20N4O2/c25-19(12-22-20(26)15-7-8-15)21-11-14-5-9-16(10-6-14)24-13-23-17-3-1-2-4-18(17)24/h1-6,9-10,13,15H,7-8,11-12H2,(H,21,25)(H,22,26). The summed E-state index contributed by atoms with van der Waals surface area (Å²) in [7, 11) is 0. The Hall–Kier alpha value is -3.15. The quantitative estimate of drug-likeness (QED) is 0.717. The summed E-state index contributed by atoms with van der Waals surface area (Å²) < 4.78 is 2.03. The van der Waals surface area contributed by atoms with Gasteiger partial charge in [-0.3, -0.25) is 14.2 Å². The highest BCUT2D eigenvalue weighted by Gasteiger charge is 2.29. The number of benzene rings is 2. The lowest BCUT2D eigenvalue weighted by Gasteiger charge is -2.08. The Labute approximate surface area is 151 Å². The molecule has 1 aromatic heterocycles. The van der Waals surface area contributed by atoms with E-state index in [1.165, 1.54) is 0 Å². The van der Waals surface area contributed by atoms with E-state index in [-0.39, 0.29) is 24.3 Å². The summed E-state index contributed by atoms with van der Waals surface area (Å²) >= 11 is 0. The average molecular weight is 348 g/mol. The second-order valence-corrected chi connectivity index (χ2v) is 6.54. The minimum atomic E-state index is -0.177. The van der Waals surface area contributed by atoms with Crippen LogP contribution >= 0.6 is 0 Å². The molecule has 0 atom stereocenters. The van der Waals surface area contributed by atoms with E-state index in [1.807, 2.05) is 59.4 Å². The van der Waals surface area contributed by atoms with Gasteiger partial charge in [-0.15, -0.1) is 0 Å². The van der Waals surface area contributed by atoms with Crippen molar-refractivity contribution in [1.29, 1.82) is 0 Å². The van der Waals surface area contributed by atoms with E-state index in [4.69, 9.17) is 0 Å². The van der Waals surface area contributed by atoms with Crippen LogP contribution in [0.3, 0.4) is 0 Å². The van der Waals surface area contributed by atoms with E-state index in [1.54, 1.807) is 0 Å². The van der Waals surface area contributed by atoms with Crippen LogP contribution in [0.25, 0.3) is 16.7 Å². The average Bonchev–Trinajstić information content (AvgIpc) is 3.44. The van der Waals surface area contributed by atoms with Crippen molar-refractivity contribution in [2.75, 3.05) is 6.54 Å². The predicted octanol–water partition coefficient (Wildman–Crippen LogP) is 2.17. The Morgan fingerprint density at radius 3 is 2.58 bits per heavy atom. The third-order valence-electron chi connectivity index (χ3n) is 4.53. The van der Waals surface area contributed by atoms with Crippen LogP contribution in [0.4, 0.5) is 0 Å². The number of carbonyl (C=O) groups is 2. The highest BCUT2D eigenvalue weighted by molar-refractivity contribution is 5.86. The molecule has 0 saturated heterocycles. The lowest BCUT2D eigenvalue weighted by atomic mass is 10.2. The third kappa shape index (κ3) is 3.59. The molecule has 4 rings (SSSR count). The van der Waals surface area contributed by atoms with E-state index in [0.29, 0.717) is 6.54 Å². The van der Waals surface area contributed by atoms with Crippen LogP contribution in [0.5, 0.6) is 0 Å². The van der Waals surface area contributed by atoms with Crippen molar-refractivity contribution in [2.45, 2.75) is 19.4 Å². The summed E-state index contributed by atoms with van der Waals surface area (Å²) in [5, 5.41) is 5.49. The van der Waals surface area contributed by atoms with Crippen LogP contribution in [0, 0.1) is 5.92 Å². The zero-order valence-electron chi connectivity index (χ0n) is 14.3. The molecular weight excluding hydrogens is 328 g/mol. The lowest BCUT2D eigenvalue weighted by molar-refractivity contribution is -0.126. The van der Waals surface area contributed by atoms with Crippen molar-refractivity contribution in [3.8, 4) is 5.69 Å². The molecule has 1 heterocycles. The van der Waals surface area contributed by atoms with Crippen molar-refractivity contribution in [1.82, 2.24) is 20.2 Å². The molecule has 2 amide bonds. The maximum atomic E-state index is 11.8. The smallest absolute Gasteiger partial charge is 0.239 e. The maximum absolute atomic E-state index is 11.8. The van der Waals surface area contributed by atoms with Gasteiger partial charge in [0, 0.05) is 18.2 Å². The molecule has 1 aliphatic rings. The summed E-state index contributed by atoms with van der Waals surface area (Å²) in [6, 6.07) is 15.9. The highest BCUT2D eigenvalue weighted by Crippen LogP contribution is 2.28. The van der Waals surface area contributed by atoms with Gasteiger partial charge >= 0.3 is 0 Å². The van der Waals surface area contributed by atoms with Crippen molar-refractivity contribution >= 4 is 22.8 Å². The number of aromatic nitrogens is 2. The van der Waals surface area contributed by atoms with Crippen molar-refractivity contribution in [2.24, 2.45) is 5.92 Å². The van der Waals surface area contributed by atoms with Crippen LogP contribution in [0.2, 0.25) is 0 Å². The molecule has 0 radical (unpaired) electrons. The first-order chi connectivity index (χ1) is 12.7. The molecule has 2 N–H and O–H groups in total. The predicted molar refractivity (Wildman–Crippen MR) is 98.7 cm³/mol. The first-order valence-electron chi connectivity index (χ1n) is 8.76. The maximum Gasteiger partial charge on any atom is 0.239 e. The van der Waals surface area contributed by atoms with Crippen LogP contribution in [0.1, 0.15) is 18.4 Å². The number of nitrogens with zero attached hydrogens (tertiary/aromatic N) is 2. The number of fused-ring (bicyclic) bond motifs is 1. The van der Waals surface area contributed by atoms with Crippen LogP contribution in [0.15, 0.2) is 54.9 Å².